The van der Waals surface area contributed by atoms with Crippen molar-refractivity contribution in [3.8, 4) is 5.75 Å². The summed E-state index contributed by atoms with van der Waals surface area (Å²) in [6.07, 6.45) is 4.60. The molecular weight excluding hydrogens is 290 g/mol. The molecular formula is C19H29NO3. The van der Waals surface area contributed by atoms with Gasteiger partial charge in [0.05, 0.1) is 19.3 Å². The number of aryl methyl sites for hydroxylation is 2. The maximum Gasteiger partial charge on any atom is 0.222 e. The first-order chi connectivity index (χ1) is 11.2. The molecule has 1 aromatic rings. The zero-order valence-corrected chi connectivity index (χ0v) is 14.6. The van der Waals surface area contributed by atoms with Crippen molar-refractivity contribution in [2.45, 2.75) is 52.0 Å². The highest BCUT2D eigenvalue weighted by Gasteiger charge is 2.27. The number of methoxy groups -OCH3 is 1. The summed E-state index contributed by atoms with van der Waals surface area (Å²) < 4.78 is 10.8. The molecule has 1 amide bonds. The van der Waals surface area contributed by atoms with E-state index in [2.05, 4.69) is 19.1 Å². The van der Waals surface area contributed by atoms with E-state index in [1.54, 1.807) is 7.11 Å². The van der Waals surface area contributed by atoms with Crippen LogP contribution in [-0.2, 0) is 16.0 Å². The van der Waals surface area contributed by atoms with E-state index in [0.29, 0.717) is 19.6 Å². The van der Waals surface area contributed by atoms with E-state index in [9.17, 15) is 4.79 Å². The first kappa shape index (κ1) is 17.8. The van der Waals surface area contributed by atoms with Gasteiger partial charge >= 0.3 is 0 Å². The summed E-state index contributed by atoms with van der Waals surface area (Å²) in [6, 6.07) is 6.58. The Morgan fingerprint density at radius 1 is 1.39 bits per heavy atom. The Morgan fingerprint density at radius 2 is 2.22 bits per heavy atom. The van der Waals surface area contributed by atoms with E-state index in [1.165, 1.54) is 5.56 Å². The summed E-state index contributed by atoms with van der Waals surface area (Å²) in [5.74, 6) is 1.22. The third-order valence-electron chi connectivity index (χ3n) is 4.45. The average molecular weight is 319 g/mol. The van der Waals surface area contributed by atoms with Gasteiger partial charge in [-0.2, -0.15) is 0 Å². The Bertz CT molecular complexity index is 515. The van der Waals surface area contributed by atoms with Crippen LogP contribution in [0.2, 0.25) is 0 Å². The molecule has 0 unspecified atom stereocenters. The second-order valence-corrected chi connectivity index (χ2v) is 6.22. The lowest BCUT2D eigenvalue weighted by atomic mass is 10.0. The highest BCUT2D eigenvalue weighted by Crippen LogP contribution is 2.22. The Hall–Kier alpha value is -1.55. The van der Waals surface area contributed by atoms with Crippen LogP contribution in [0.1, 0.15) is 43.7 Å². The second-order valence-electron chi connectivity index (χ2n) is 6.22. The predicted molar refractivity (Wildman–Crippen MR) is 91.9 cm³/mol. The number of amides is 1. The van der Waals surface area contributed by atoms with Crippen molar-refractivity contribution in [1.29, 1.82) is 0 Å². The Labute approximate surface area is 139 Å². The molecule has 4 heteroatoms. The number of carbonyl (C=O) groups is 1. The van der Waals surface area contributed by atoms with Crippen molar-refractivity contribution in [3.05, 3.63) is 29.3 Å². The van der Waals surface area contributed by atoms with E-state index in [-0.39, 0.29) is 11.9 Å². The Balaban J connectivity index is 1.80. The lowest BCUT2D eigenvalue weighted by Gasteiger charge is -2.24. The molecule has 0 aliphatic carbocycles. The number of benzene rings is 1. The van der Waals surface area contributed by atoms with E-state index < -0.39 is 0 Å². The summed E-state index contributed by atoms with van der Waals surface area (Å²) in [5.41, 5.74) is 2.43. The van der Waals surface area contributed by atoms with E-state index in [4.69, 9.17) is 9.47 Å². The SMILES string of the molecule is CCOc1ccc(CCCC(=O)N2CCC[C@H]2COC)cc1C. The zero-order chi connectivity index (χ0) is 16.7. The average Bonchev–Trinajstić information content (AvgIpc) is 2.99. The fourth-order valence-corrected chi connectivity index (χ4v) is 3.30. The van der Waals surface area contributed by atoms with Crippen molar-refractivity contribution in [2.75, 3.05) is 26.9 Å². The first-order valence-electron chi connectivity index (χ1n) is 8.66. The van der Waals surface area contributed by atoms with Crippen LogP contribution in [0.4, 0.5) is 0 Å². The zero-order valence-electron chi connectivity index (χ0n) is 14.6. The summed E-state index contributed by atoms with van der Waals surface area (Å²) in [7, 11) is 1.70. The molecule has 1 atom stereocenters. The van der Waals surface area contributed by atoms with Crippen molar-refractivity contribution in [3.63, 3.8) is 0 Å². The standard InChI is InChI=1S/C19H29NO3/c1-4-23-18-11-10-16(13-15(18)2)7-5-9-19(21)20-12-6-8-17(20)14-22-3/h10-11,13,17H,4-9,12,14H2,1-3H3/t17-/m0/s1. The molecule has 1 heterocycles. The number of hydrogen-bond donors (Lipinski definition) is 0. The van der Waals surface area contributed by atoms with Crippen molar-refractivity contribution < 1.29 is 14.3 Å². The highest BCUT2D eigenvalue weighted by molar-refractivity contribution is 5.76. The lowest BCUT2D eigenvalue weighted by molar-refractivity contribution is -0.133. The molecule has 0 aromatic heterocycles. The molecule has 0 bridgehead atoms. The number of likely N-dealkylation sites (tertiary alicyclic amines) is 1. The van der Waals surface area contributed by atoms with Crippen LogP contribution >= 0.6 is 0 Å². The van der Waals surface area contributed by atoms with Gasteiger partial charge in [0.15, 0.2) is 0 Å². The van der Waals surface area contributed by atoms with Crippen molar-refractivity contribution in [1.82, 2.24) is 4.90 Å². The highest BCUT2D eigenvalue weighted by atomic mass is 16.5. The summed E-state index contributed by atoms with van der Waals surface area (Å²) in [4.78, 5) is 14.4. The molecule has 4 nitrogen and oxygen atoms in total. The summed E-state index contributed by atoms with van der Waals surface area (Å²) in [6.45, 7) is 6.29. The van der Waals surface area contributed by atoms with Crippen LogP contribution in [0.25, 0.3) is 0 Å². The number of rotatable bonds is 8. The van der Waals surface area contributed by atoms with Crippen molar-refractivity contribution in [2.24, 2.45) is 0 Å². The quantitative estimate of drug-likeness (QED) is 0.737. The third kappa shape index (κ3) is 4.96. The minimum Gasteiger partial charge on any atom is -0.494 e. The normalized spacial score (nSPS) is 17.5. The monoisotopic (exact) mass is 319 g/mol. The molecule has 0 N–H and O–H groups in total. The first-order valence-corrected chi connectivity index (χ1v) is 8.66. The minimum absolute atomic E-state index is 0.271. The maximum atomic E-state index is 12.4. The van der Waals surface area contributed by atoms with Gasteiger partial charge in [-0.15, -0.1) is 0 Å². The fraction of sp³-hybridized carbons (Fsp3) is 0.632. The van der Waals surface area contributed by atoms with Gasteiger partial charge in [-0.3, -0.25) is 4.79 Å². The number of nitrogens with zero attached hydrogens (tertiary/aromatic N) is 1. The van der Waals surface area contributed by atoms with Crippen LogP contribution in [0.5, 0.6) is 5.75 Å². The molecule has 1 aliphatic heterocycles. The van der Waals surface area contributed by atoms with Gasteiger partial charge in [-0.25, -0.2) is 0 Å². The van der Waals surface area contributed by atoms with Gasteiger partial charge in [0.1, 0.15) is 5.75 Å². The van der Waals surface area contributed by atoms with Gasteiger partial charge in [-0.05, 0) is 56.7 Å². The minimum atomic E-state index is 0.271. The molecule has 1 aliphatic rings. The van der Waals surface area contributed by atoms with Gasteiger partial charge in [0, 0.05) is 20.1 Å². The summed E-state index contributed by atoms with van der Waals surface area (Å²) in [5, 5.41) is 0. The Kier molecular flexibility index (Phi) is 6.90. The van der Waals surface area contributed by atoms with Crippen LogP contribution in [0.3, 0.4) is 0 Å². The molecule has 1 aromatic carbocycles. The molecule has 2 rings (SSSR count). The molecule has 1 fully saturated rings. The van der Waals surface area contributed by atoms with Crippen LogP contribution in [-0.4, -0.2) is 43.7 Å². The van der Waals surface area contributed by atoms with Crippen LogP contribution in [0.15, 0.2) is 18.2 Å². The number of hydrogen-bond acceptors (Lipinski definition) is 3. The molecule has 1 saturated heterocycles. The van der Waals surface area contributed by atoms with Gasteiger partial charge in [-0.1, -0.05) is 12.1 Å². The fourth-order valence-electron chi connectivity index (χ4n) is 3.30. The number of ether oxygens (including phenoxy) is 2. The van der Waals surface area contributed by atoms with E-state index >= 15 is 0 Å². The molecule has 0 saturated carbocycles. The van der Waals surface area contributed by atoms with E-state index in [1.807, 2.05) is 17.9 Å². The second kappa shape index (κ2) is 8.92. The maximum absolute atomic E-state index is 12.4. The van der Waals surface area contributed by atoms with E-state index in [0.717, 1.165) is 43.5 Å². The predicted octanol–water partition coefficient (Wildman–Crippen LogP) is 3.35. The molecule has 0 spiro atoms. The Morgan fingerprint density at radius 3 is 2.91 bits per heavy atom. The van der Waals surface area contributed by atoms with Crippen LogP contribution in [0, 0.1) is 6.92 Å². The molecule has 23 heavy (non-hydrogen) atoms. The molecule has 128 valence electrons. The topological polar surface area (TPSA) is 38.8 Å². The van der Waals surface area contributed by atoms with Gasteiger partial charge in [0.2, 0.25) is 5.91 Å². The smallest absolute Gasteiger partial charge is 0.222 e. The number of carbonyl (C=O) groups excluding carboxylic acids is 1. The van der Waals surface area contributed by atoms with Gasteiger partial charge < -0.3 is 14.4 Å². The van der Waals surface area contributed by atoms with Crippen LogP contribution < -0.4 is 4.74 Å². The van der Waals surface area contributed by atoms with Gasteiger partial charge in [0.25, 0.3) is 0 Å². The van der Waals surface area contributed by atoms with Crippen molar-refractivity contribution >= 4 is 5.91 Å². The lowest BCUT2D eigenvalue weighted by Crippen LogP contribution is -2.37. The summed E-state index contributed by atoms with van der Waals surface area (Å²) >= 11 is 0. The largest absolute Gasteiger partial charge is 0.494 e. The molecule has 0 radical (unpaired) electrons. The third-order valence-corrected chi connectivity index (χ3v) is 4.45.